The Kier molecular flexibility index (Phi) is 4.25. The van der Waals surface area contributed by atoms with E-state index in [1.54, 1.807) is 7.11 Å². The van der Waals surface area contributed by atoms with Gasteiger partial charge in [-0.2, -0.15) is 0 Å². The molecule has 1 aromatic carbocycles. The van der Waals surface area contributed by atoms with Gasteiger partial charge in [-0.1, -0.05) is 6.07 Å². The minimum absolute atomic E-state index is 0.414. The Hall–Kier alpha value is -1.81. The van der Waals surface area contributed by atoms with Crippen molar-refractivity contribution >= 4 is 0 Å². The summed E-state index contributed by atoms with van der Waals surface area (Å²) in [5, 5.41) is 3.76. The van der Waals surface area contributed by atoms with Gasteiger partial charge < -0.3 is 14.6 Å². The molecule has 112 valence electrons. The van der Waals surface area contributed by atoms with E-state index < -0.39 is 0 Å². The largest absolute Gasteiger partial charge is 0.497 e. The van der Waals surface area contributed by atoms with E-state index in [4.69, 9.17) is 4.74 Å². The van der Waals surface area contributed by atoms with Crippen LogP contribution in [0, 0.1) is 0 Å². The Bertz CT molecular complexity index is 580. The lowest BCUT2D eigenvalue weighted by Gasteiger charge is -2.29. The van der Waals surface area contributed by atoms with Crippen molar-refractivity contribution in [3.8, 4) is 5.75 Å². The van der Waals surface area contributed by atoms with E-state index in [1.165, 1.54) is 24.0 Å². The molecule has 0 aliphatic heterocycles. The second kappa shape index (κ2) is 6.31. The van der Waals surface area contributed by atoms with Gasteiger partial charge in [-0.3, -0.25) is 0 Å². The third-order valence-electron chi connectivity index (χ3n) is 4.19. The fourth-order valence-corrected chi connectivity index (χ4v) is 3.20. The Morgan fingerprint density at radius 2 is 2.38 bits per heavy atom. The molecule has 0 saturated carbocycles. The highest BCUT2D eigenvalue weighted by Gasteiger charge is 2.21. The van der Waals surface area contributed by atoms with Gasteiger partial charge in [-0.15, -0.1) is 0 Å². The lowest BCUT2D eigenvalue weighted by atomic mass is 9.87. The summed E-state index contributed by atoms with van der Waals surface area (Å²) < 4.78 is 7.46. The van der Waals surface area contributed by atoms with Crippen LogP contribution in [0.4, 0.5) is 0 Å². The van der Waals surface area contributed by atoms with E-state index in [0.717, 1.165) is 18.7 Å². The van der Waals surface area contributed by atoms with Gasteiger partial charge in [0.05, 0.1) is 13.4 Å². The van der Waals surface area contributed by atoms with Crippen LogP contribution >= 0.6 is 0 Å². The standard InChI is InChI=1S/C17H23N3O/c1-13(11-20-9-8-18-12-20)19-17-5-3-4-14-10-15(21-2)6-7-16(14)17/h6-10,12-13,17,19H,3-5,11H2,1-2H3. The van der Waals surface area contributed by atoms with Crippen LogP contribution in [-0.4, -0.2) is 22.7 Å². The number of aromatic nitrogens is 2. The Morgan fingerprint density at radius 3 is 3.14 bits per heavy atom. The number of ether oxygens (including phenoxy) is 1. The maximum Gasteiger partial charge on any atom is 0.119 e. The zero-order valence-corrected chi connectivity index (χ0v) is 12.7. The molecule has 1 heterocycles. The summed E-state index contributed by atoms with van der Waals surface area (Å²) in [5.41, 5.74) is 2.85. The number of fused-ring (bicyclic) bond motifs is 1. The van der Waals surface area contributed by atoms with Crippen LogP contribution in [0.1, 0.15) is 36.9 Å². The molecule has 0 fully saturated rings. The summed E-state index contributed by atoms with van der Waals surface area (Å²) in [4.78, 5) is 4.10. The molecule has 2 unspecified atom stereocenters. The van der Waals surface area contributed by atoms with E-state index in [2.05, 4.69) is 40.0 Å². The molecule has 1 aromatic heterocycles. The van der Waals surface area contributed by atoms with Gasteiger partial charge in [0.25, 0.3) is 0 Å². The number of benzene rings is 1. The topological polar surface area (TPSA) is 39.1 Å². The van der Waals surface area contributed by atoms with Crippen LogP contribution < -0.4 is 10.1 Å². The molecule has 1 aliphatic carbocycles. The lowest BCUT2D eigenvalue weighted by molar-refractivity contribution is 0.377. The van der Waals surface area contributed by atoms with Gasteiger partial charge in [0.1, 0.15) is 5.75 Å². The van der Waals surface area contributed by atoms with Gasteiger partial charge in [-0.05, 0) is 49.4 Å². The van der Waals surface area contributed by atoms with Crippen molar-refractivity contribution in [2.45, 2.75) is 44.8 Å². The second-order valence-electron chi connectivity index (χ2n) is 5.84. The Balaban J connectivity index is 1.70. The molecule has 0 spiro atoms. The molecule has 0 amide bonds. The molecule has 0 bridgehead atoms. The number of hydrogen-bond acceptors (Lipinski definition) is 3. The second-order valence-corrected chi connectivity index (χ2v) is 5.84. The van der Waals surface area contributed by atoms with Crippen LogP contribution in [-0.2, 0) is 13.0 Å². The summed E-state index contributed by atoms with van der Waals surface area (Å²) >= 11 is 0. The molecule has 2 atom stereocenters. The van der Waals surface area contributed by atoms with Crippen molar-refractivity contribution in [2.24, 2.45) is 0 Å². The monoisotopic (exact) mass is 285 g/mol. The van der Waals surface area contributed by atoms with E-state index in [9.17, 15) is 0 Å². The Morgan fingerprint density at radius 1 is 1.48 bits per heavy atom. The predicted octanol–water partition coefficient (Wildman–Crippen LogP) is 2.95. The number of nitrogens with zero attached hydrogens (tertiary/aromatic N) is 2. The third kappa shape index (κ3) is 3.27. The third-order valence-corrected chi connectivity index (χ3v) is 4.19. The van der Waals surface area contributed by atoms with Gasteiger partial charge in [0.2, 0.25) is 0 Å². The fourth-order valence-electron chi connectivity index (χ4n) is 3.20. The highest BCUT2D eigenvalue weighted by Crippen LogP contribution is 2.32. The molecule has 0 radical (unpaired) electrons. The minimum Gasteiger partial charge on any atom is -0.497 e. The average molecular weight is 285 g/mol. The summed E-state index contributed by atoms with van der Waals surface area (Å²) in [7, 11) is 1.73. The number of aryl methyl sites for hydroxylation is 1. The van der Waals surface area contributed by atoms with Gasteiger partial charge in [0.15, 0.2) is 0 Å². The van der Waals surface area contributed by atoms with Crippen molar-refractivity contribution < 1.29 is 4.74 Å². The van der Waals surface area contributed by atoms with Crippen molar-refractivity contribution in [1.82, 2.24) is 14.9 Å². The first-order valence-corrected chi connectivity index (χ1v) is 7.65. The summed E-state index contributed by atoms with van der Waals surface area (Å²) in [6.07, 6.45) is 9.30. The predicted molar refractivity (Wildman–Crippen MR) is 83.5 cm³/mol. The van der Waals surface area contributed by atoms with Gasteiger partial charge >= 0.3 is 0 Å². The van der Waals surface area contributed by atoms with Gasteiger partial charge in [0, 0.05) is 31.0 Å². The van der Waals surface area contributed by atoms with Crippen LogP contribution in [0.3, 0.4) is 0 Å². The molecular formula is C17H23N3O. The molecule has 4 nitrogen and oxygen atoms in total. The first kappa shape index (κ1) is 14.1. The fraction of sp³-hybridized carbons (Fsp3) is 0.471. The van der Waals surface area contributed by atoms with Crippen LogP contribution in [0.5, 0.6) is 5.75 Å². The maximum atomic E-state index is 5.34. The lowest BCUT2D eigenvalue weighted by Crippen LogP contribution is -2.35. The number of methoxy groups -OCH3 is 1. The normalized spacial score (nSPS) is 19.0. The van der Waals surface area contributed by atoms with Crippen LogP contribution in [0.25, 0.3) is 0 Å². The molecular weight excluding hydrogens is 262 g/mol. The number of imidazole rings is 1. The van der Waals surface area contributed by atoms with Gasteiger partial charge in [-0.25, -0.2) is 4.98 Å². The van der Waals surface area contributed by atoms with Crippen molar-refractivity contribution in [2.75, 3.05) is 7.11 Å². The number of hydrogen-bond donors (Lipinski definition) is 1. The molecule has 1 N–H and O–H groups in total. The quantitative estimate of drug-likeness (QED) is 0.918. The molecule has 21 heavy (non-hydrogen) atoms. The molecule has 2 aromatic rings. The first-order chi connectivity index (χ1) is 10.3. The Labute approximate surface area is 126 Å². The molecule has 0 saturated heterocycles. The van der Waals surface area contributed by atoms with E-state index in [-0.39, 0.29) is 0 Å². The molecule has 3 rings (SSSR count). The van der Waals surface area contributed by atoms with Crippen molar-refractivity contribution in [3.05, 3.63) is 48.0 Å². The first-order valence-electron chi connectivity index (χ1n) is 7.65. The van der Waals surface area contributed by atoms with E-state index in [1.807, 2.05) is 18.7 Å². The SMILES string of the molecule is COc1ccc2c(c1)CCCC2NC(C)Cn1ccnc1. The van der Waals surface area contributed by atoms with Crippen molar-refractivity contribution in [1.29, 1.82) is 0 Å². The minimum atomic E-state index is 0.414. The summed E-state index contributed by atoms with van der Waals surface area (Å²) in [6.45, 7) is 3.18. The number of rotatable bonds is 5. The number of nitrogens with one attached hydrogen (secondary N) is 1. The van der Waals surface area contributed by atoms with Crippen LogP contribution in [0.15, 0.2) is 36.9 Å². The van der Waals surface area contributed by atoms with E-state index in [0.29, 0.717) is 12.1 Å². The van der Waals surface area contributed by atoms with Crippen LogP contribution in [0.2, 0.25) is 0 Å². The average Bonchev–Trinajstić information content (AvgIpc) is 2.99. The maximum absolute atomic E-state index is 5.34. The summed E-state index contributed by atoms with van der Waals surface area (Å²) in [5.74, 6) is 0.959. The highest BCUT2D eigenvalue weighted by atomic mass is 16.5. The zero-order chi connectivity index (χ0) is 14.7. The molecule has 1 aliphatic rings. The zero-order valence-electron chi connectivity index (χ0n) is 12.7. The summed E-state index contributed by atoms with van der Waals surface area (Å²) in [6, 6.07) is 7.33. The van der Waals surface area contributed by atoms with Crippen molar-refractivity contribution in [3.63, 3.8) is 0 Å². The van der Waals surface area contributed by atoms with E-state index >= 15 is 0 Å². The molecule has 4 heteroatoms. The highest BCUT2D eigenvalue weighted by molar-refractivity contribution is 5.39. The smallest absolute Gasteiger partial charge is 0.119 e.